The molecule has 28 heavy (non-hydrogen) atoms. The van der Waals surface area contributed by atoms with Crippen LogP contribution in [0.25, 0.3) is 11.2 Å². The van der Waals surface area contributed by atoms with Gasteiger partial charge in [-0.2, -0.15) is 0 Å². The maximum Gasteiger partial charge on any atom is 0.251 e. The molecule has 1 saturated heterocycles. The molecule has 1 aliphatic heterocycles. The molecule has 0 aliphatic carbocycles. The largest absolute Gasteiger partial charge is 0.394 e. The summed E-state index contributed by atoms with van der Waals surface area (Å²) in [5.41, 5.74) is 6.70. The van der Waals surface area contributed by atoms with Gasteiger partial charge in [-0.3, -0.25) is 9.36 Å². The Kier molecular flexibility index (Phi) is 4.63. The molecule has 146 valence electrons. The van der Waals surface area contributed by atoms with Gasteiger partial charge in [0.2, 0.25) is 0 Å². The third-order valence-electron chi connectivity index (χ3n) is 4.62. The van der Waals surface area contributed by atoms with Gasteiger partial charge in [-0.15, -0.1) is 0 Å². The summed E-state index contributed by atoms with van der Waals surface area (Å²) in [5.74, 6) is -0.830. The van der Waals surface area contributed by atoms with Crippen molar-refractivity contribution in [2.24, 2.45) is 0 Å². The van der Waals surface area contributed by atoms with Crippen LogP contribution in [-0.2, 0) is 4.74 Å². The number of hydrogen-bond donors (Lipinski definition) is 4. The van der Waals surface area contributed by atoms with Crippen molar-refractivity contribution < 1.29 is 24.1 Å². The molecule has 0 saturated carbocycles. The molecule has 3 heterocycles. The van der Waals surface area contributed by atoms with Crippen molar-refractivity contribution in [1.82, 2.24) is 24.8 Å². The number of fused-ring (bicyclic) bond motifs is 1. The molecule has 10 nitrogen and oxygen atoms in total. The molecular weight excluding hydrogens is 371 g/mol. The van der Waals surface area contributed by atoms with E-state index in [4.69, 9.17) is 10.5 Å². The van der Waals surface area contributed by atoms with Crippen LogP contribution < -0.4 is 11.1 Å². The molecule has 4 atom stereocenters. The second kappa shape index (κ2) is 7.11. The molecule has 0 spiro atoms. The summed E-state index contributed by atoms with van der Waals surface area (Å²) in [6, 6.07) is 4.04. The zero-order valence-electron chi connectivity index (χ0n) is 14.4. The lowest BCUT2D eigenvalue weighted by Gasteiger charge is -2.23. The number of nitrogens with zero attached hydrogens (tertiary/aromatic N) is 4. The van der Waals surface area contributed by atoms with E-state index in [9.17, 15) is 19.4 Å². The molecule has 11 heteroatoms. The van der Waals surface area contributed by atoms with E-state index in [0.29, 0.717) is 11.2 Å². The van der Waals surface area contributed by atoms with E-state index in [0.717, 1.165) is 12.1 Å². The van der Waals surface area contributed by atoms with E-state index in [-0.39, 0.29) is 11.4 Å². The molecule has 2 aromatic heterocycles. The second-order valence-electron chi connectivity index (χ2n) is 6.33. The van der Waals surface area contributed by atoms with Crippen LogP contribution in [0.1, 0.15) is 16.6 Å². The lowest BCUT2D eigenvalue weighted by Crippen LogP contribution is -2.46. The molecule has 4 rings (SSSR count). The van der Waals surface area contributed by atoms with E-state index in [1.807, 2.05) is 0 Å². The number of nitrogens with one attached hydrogen (secondary N) is 1. The normalized spacial score (nSPS) is 24.5. The van der Waals surface area contributed by atoms with Crippen LogP contribution >= 0.6 is 0 Å². The molecule has 1 fully saturated rings. The minimum absolute atomic E-state index is 0.174. The number of ether oxygens (including phenoxy) is 1. The SMILES string of the molecule is Nc1ncnc2c1ncn2[C@@H]1O[C@H](CO)C(O)[C@@H]1NC(=O)c1ccc(F)cc1. The van der Waals surface area contributed by atoms with E-state index < -0.39 is 42.8 Å². The molecule has 3 aromatic rings. The van der Waals surface area contributed by atoms with E-state index >= 15 is 0 Å². The van der Waals surface area contributed by atoms with Gasteiger partial charge in [0.1, 0.15) is 35.9 Å². The summed E-state index contributed by atoms with van der Waals surface area (Å²) >= 11 is 0. The van der Waals surface area contributed by atoms with Crippen LogP contribution in [0, 0.1) is 5.82 Å². The zero-order chi connectivity index (χ0) is 19.8. The summed E-state index contributed by atoms with van der Waals surface area (Å²) in [5, 5.41) is 22.7. The fourth-order valence-corrected chi connectivity index (χ4v) is 3.18. The maximum atomic E-state index is 13.1. The monoisotopic (exact) mass is 388 g/mol. The number of carbonyl (C=O) groups is 1. The third kappa shape index (κ3) is 3.05. The van der Waals surface area contributed by atoms with Gasteiger partial charge in [-0.25, -0.2) is 19.3 Å². The summed E-state index contributed by atoms with van der Waals surface area (Å²) in [7, 11) is 0. The summed E-state index contributed by atoms with van der Waals surface area (Å²) in [6.07, 6.45) is -0.368. The lowest BCUT2D eigenvalue weighted by molar-refractivity contribution is -0.0440. The number of aliphatic hydroxyl groups excluding tert-OH is 2. The number of nitrogen functional groups attached to an aromatic ring is 1. The number of aromatic nitrogens is 4. The molecule has 1 amide bonds. The number of anilines is 1. The Morgan fingerprint density at radius 1 is 1.29 bits per heavy atom. The van der Waals surface area contributed by atoms with Crippen molar-refractivity contribution in [2.75, 3.05) is 12.3 Å². The van der Waals surface area contributed by atoms with E-state index in [2.05, 4.69) is 20.3 Å². The fourth-order valence-electron chi connectivity index (χ4n) is 3.18. The third-order valence-corrected chi connectivity index (χ3v) is 4.62. The topological polar surface area (TPSA) is 148 Å². The van der Waals surface area contributed by atoms with Gasteiger partial charge in [0.15, 0.2) is 17.7 Å². The van der Waals surface area contributed by atoms with Gasteiger partial charge >= 0.3 is 0 Å². The number of benzene rings is 1. The van der Waals surface area contributed by atoms with Crippen molar-refractivity contribution >= 4 is 22.9 Å². The Balaban J connectivity index is 1.67. The first kappa shape index (κ1) is 18.2. The van der Waals surface area contributed by atoms with Crippen molar-refractivity contribution in [2.45, 2.75) is 24.5 Å². The molecule has 1 aliphatic rings. The Morgan fingerprint density at radius 2 is 2.04 bits per heavy atom. The van der Waals surface area contributed by atoms with Gasteiger partial charge in [0.05, 0.1) is 12.9 Å². The molecule has 0 bridgehead atoms. The van der Waals surface area contributed by atoms with Crippen LogP contribution in [0.4, 0.5) is 10.2 Å². The highest BCUT2D eigenvalue weighted by molar-refractivity contribution is 5.94. The van der Waals surface area contributed by atoms with Gasteiger partial charge in [0.25, 0.3) is 5.91 Å². The summed E-state index contributed by atoms with van der Waals surface area (Å²) < 4.78 is 20.3. The van der Waals surface area contributed by atoms with Crippen molar-refractivity contribution in [3.63, 3.8) is 0 Å². The number of halogens is 1. The first-order valence-electron chi connectivity index (χ1n) is 8.43. The number of amides is 1. The van der Waals surface area contributed by atoms with Crippen LogP contribution in [0.3, 0.4) is 0 Å². The average Bonchev–Trinajstić information content (AvgIpc) is 3.25. The van der Waals surface area contributed by atoms with E-state index in [1.165, 1.54) is 29.4 Å². The first-order valence-corrected chi connectivity index (χ1v) is 8.43. The Hall–Kier alpha value is -3.15. The van der Waals surface area contributed by atoms with Crippen molar-refractivity contribution in [1.29, 1.82) is 0 Å². The van der Waals surface area contributed by atoms with Crippen LogP contribution in [0.5, 0.6) is 0 Å². The van der Waals surface area contributed by atoms with E-state index in [1.54, 1.807) is 0 Å². The zero-order valence-corrected chi connectivity index (χ0v) is 14.4. The predicted molar refractivity (Wildman–Crippen MR) is 94.4 cm³/mol. The second-order valence-corrected chi connectivity index (χ2v) is 6.33. The Morgan fingerprint density at radius 3 is 2.75 bits per heavy atom. The Bertz CT molecular complexity index is 1010. The van der Waals surface area contributed by atoms with Crippen molar-refractivity contribution in [3.8, 4) is 0 Å². The molecule has 1 aromatic carbocycles. The number of carbonyl (C=O) groups excluding carboxylic acids is 1. The highest BCUT2D eigenvalue weighted by atomic mass is 19.1. The molecule has 0 radical (unpaired) electrons. The highest BCUT2D eigenvalue weighted by Gasteiger charge is 2.45. The Labute approximate surface area is 157 Å². The summed E-state index contributed by atoms with van der Waals surface area (Å²) in [4.78, 5) is 24.7. The van der Waals surface area contributed by atoms with Gasteiger partial charge in [-0.1, -0.05) is 0 Å². The number of nitrogens with two attached hydrogens (primary N) is 1. The first-order chi connectivity index (χ1) is 13.5. The maximum absolute atomic E-state index is 13.1. The predicted octanol–water partition coefficient (Wildman–Crippen LogP) is -0.403. The quantitative estimate of drug-likeness (QED) is 0.472. The van der Waals surface area contributed by atoms with Crippen LogP contribution in [0.2, 0.25) is 0 Å². The lowest BCUT2D eigenvalue weighted by atomic mass is 10.1. The molecule has 5 N–H and O–H groups in total. The summed E-state index contributed by atoms with van der Waals surface area (Å²) in [6.45, 7) is -0.454. The molecule has 1 unspecified atom stereocenters. The number of aliphatic hydroxyl groups is 2. The van der Waals surface area contributed by atoms with Crippen LogP contribution in [0.15, 0.2) is 36.9 Å². The number of imidazole rings is 1. The van der Waals surface area contributed by atoms with Gasteiger partial charge in [-0.05, 0) is 24.3 Å². The standard InChI is InChI=1S/C17H17FN6O4/c18-9-3-1-8(2-4-9)16(27)23-11-13(26)10(5-25)28-17(11)24-7-22-12-14(19)20-6-21-15(12)24/h1-4,6-7,10-11,13,17,25-26H,5H2,(H,23,27)(H2,19,20,21)/t10-,11+,13?,17-/m1/s1. The number of hydrogen-bond acceptors (Lipinski definition) is 8. The minimum Gasteiger partial charge on any atom is -0.394 e. The fraction of sp³-hybridized carbons (Fsp3) is 0.294. The van der Waals surface area contributed by atoms with Gasteiger partial charge in [0, 0.05) is 5.56 Å². The molecular formula is C17H17FN6O4. The average molecular weight is 388 g/mol. The minimum atomic E-state index is -1.20. The smallest absolute Gasteiger partial charge is 0.251 e. The number of rotatable bonds is 4. The highest BCUT2D eigenvalue weighted by Crippen LogP contribution is 2.32. The van der Waals surface area contributed by atoms with Crippen LogP contribution in [-0.4, -0.2) is 60.5 Å². The van der Waals surface area contributed by atoms with Gasteiger partial charge < -0.3 is 26.0 Å². The van der Waals surface area contributed by atoms with Crippen molar-refractivity contribution in [3.05, 3.63) is 48.3 Å².